The summed E-state index contributed by atoms with van der Waals surface area (Å²) in [6.07, 6.45) is 0. The Balaban J connectivity index is 1.62. The smallest absolute Gasteiger partial charge is 0.221 e. The first-order chi connectivity index (χ1) is 12.5. The number of rotatable bonds is 6. The Morgan fingerprint density at radius 3 is 2.62 bits per heavy atom. The van der Waals surface area contributed by atoms with E-state index in [4.69, 9.17) is 4.42 Å². The second-order valence-corrected chi connectivity index (χ2v) is 6.18. The van der Waals surface area contributed by atoms with E-state index in [9.17, 15) is 9.18 Å². The number of anilines is 1. The summed E-state index contributed by atoms with van der Waals surface area (Å²) in [6.45, 7) is 4.10. The number of amides is 1. The van der Waals surface area contributed by atoms with Crippen molar-refractivity contribution in [2.24, 2.45) is 0 Å². The van der Waals surface area contributed by atoms with Crippen LogP contribution in [0.5, 0.6) is 0 Å². The molecule has 0 bridgehead atoms. The van der Waals surface area contributed by atoms with Crippen LogP contribution in [-0.2, 0) is 11.3 Å². The molecule has 0 radical (unpaired) electrons. The topological polar surface area (TPSA) is 54.3 Å². The van der Waals surface area contributed by atoms with Gasteiger partial charge in [0, 0.05) is 24.2 Å². The summed E-state index contributed by atoms with van der Waals surface area (Å²) in [7, 11) is 0. The summed E-state index contributed by atoms with van der Waals surface area (Å²) < 4.78 is 18.8. The van der Waals surface area contributed by atoms with Crippen LogP contribution in [-0.4, -0.2) is 5.91 Å². The van der Waals surface area contributed by atoms with Crippen molar-refractivity contribution in [3.8, 4) is 11.3 Å². The molecule has 0 aliphatic rings. The SMILES string of the molecule is CC(=O)Nc1cccc([C@H](C)NCc2ccc(-c3ccc(F)cc3)o2)c1. The quantitative estimate of drug-likeness (QED) is 0.664. The van der Waals surface area contributed by atoms with Crippen LogP contribution in [0.15, 0.2) is 65.1 Å². The summed E-state index contributed by atoms with van der Waals surface area (Å²) >= 11 is 0. The number of hydrogen-bond acceptors (Lipinski definition) is 3. The van der Waals surface area contributed by atoms with E-state index in [1.165, 1.54) is 19.1 Å². The van der Waals surface area contributed by atoms with Gasteiger partial charge in [0.1, 0.15) is 17.3 Å². The third-order valence-corrected chi connectivity index (χ3v) is 4.08. The van der Waals surface area contributed by atoms with Crippen molar-refractivity contribution in [3.05, 3.63) is 77.8 Å². The molecule has 0 saturated carbocycles. The minimum Gasteiger partial charge on any atom is -0.460 e. The van der Waals surface area contributed by atoms with Gasteiger partial charge < -0.3 is 15.1 Å². The van der Waals surface area contributed by atoms with Crippen LogP contribution in [0.25, 0.3) is 11.3 Å². The highest BCUT2D eigenvalue weighted by Crippen LogP contribution is 2.23. The fraction of sp³-hybridized carbons (Fsp3) is 0.190. The average molecular weight is 352 g/mol. The van der Waals surface area contributed by atoms with Crippen molar-refractivity contribution < 1.29 is 13.6 Å². The van der Waals surface area contributed by atoms with E-state index in [-0.39, 0.29) is 17.8 Å². The van der Waals surface area contributed by atoms with E-state index in [0.29, 0.717) is 12.3 Å². The van der Waals surface area contributed by atoms with Crippen LogP contribution in [0.2, 0.25) is 0 Å². The Morgan fingerprint density at radius 2 is 1.88 bits per heavy atom. The maximum atomic E-state index is 13.0. The Labute approximate surface area is 152 Å². The van der Waals surface area contributed by atoms with E-state index < -0.39 is 0 Å². The molecule has 4 nitrogen and oxygen atoms in total. The van der Waals surface area contributed by atoms with E-state index >= 15 is 0 Å². The zero-order valence-electron chi connectivity index (χ0n) is 14.8. The van der Waals surface area contributed by atoms with Gasteiger partial charge in [-0.3, -0.25) is 4.79 Å². The Hall–Kier alpha value is -2.92. The summed E-state index contributed by atoms with van der Waals surface area (Å²) in [5.41, 5.74) is 2.69. The van der Waals surface area contributed by atoms with Gasteiger partial charge in [-0.2, -0.15) is 0 Å². The highest BCUT2D eigenvalue weighted by Gasteiger charge is 2.09. The first-order valence-corrected chi connectivity index (χ1v) is 8.47. The minimum absolute atomic E-state index is 0.0862. The van der Waals surface area contributed by atoms with E-state index in [1.54, 1.807) is 12.1 Å². The molecule has 0 aliphatic carbocycles. The maximum Gasteiger partial charge on any atom is 0.221 e. The van der Waals surface area contributed by atoms with Crippen molar-refractivity contribution in [3.63, 3.8) is 0 Å². The molecule has 1 atom stereocenters. The third-order valence-electron chi connectivity index (χ3n) is 4.08. The highest BCUT2D eigenvalue weighted by molar-refractivity contribution is 5.88. The predicted octanol–water partition coefficient (Wildman–Crippen LogP) is 4.89. The second-order valence-electron chi connectivity index (χ2n) is 6.18. The zero-order valence-corrected chi connectivity index (χ0v) is 14.8. The third kappa shape index (κ3) is 4.58. The van der Waals surface area contributed by atoms with Gasteiger partial charge in [0.05, 0.1) is 6.54 Å². The van der Waals surface area contributed by atoms with Crippen molar-refractivity contribution >= 4 is 11.6 Å². The highest BCUT2D eigenvalue weighted by atomic mass is 19.1. The molecule has 5 heteroatoms. The lowest BCUT2D eigenvalue weighted by molar-refractivity contribution is -0.114. The number of carbonyl (C=O) groups is 1. The number of carbonyl (C=O) groups excluding carboxylic acids is 1. The molecule has 2 aromatic carbocycles. The largest absolute Gasteiger partial charge is 0.460 e. The van der Waals surface area contributed by atoms with E-state index in [2.05, 4.69) is 17.6 Å². The van der Waals surface area contributed by atoms with Gasteiger partial charge in [-0.05, 0) is 61.0 Å². The van der Waals surface area contributed by atoms with Crippen molar-refractivity contribution in [1.29, 1.82) is 0 Å². The Kier molecular flexibility index (Phi) is 5.49. The lowest BCUT2D eigenvalue weighted by Crippen LogP contribution is -2.18. The molecule has 1 amide bonds. The standard InChI is InChI=1S/C21H21FN2O2/c1-14(17-4-3-5-19(12-17)24-15(2)25)23-13-20-10-11-21(26-20)16-6-8-18(22)9-7-16/h3-12,14,23H,13H2,1-2H3,(H,24,25)/t14-/m0/s1. The van der Waals surface area contributed by atoms with Crippen LogP contribution in [0.1, 0.15) is 31.2 Å². The maximum absolute atomic E-state index is 13.0. The van der Waals surface area contributed by atoms with Gasteiger partial charge in [0.25, 0.3) is 0 Å². The van der Waals surface area contributed by atoms with Crippen LogP contribution in [0.4, 0.5) is 10.1 Å². The van der Waals surface area contributed by atoms with Gasteiger partial charge in [-0.1, -0.05) is 12.1 Å². The fourth-order valence-corrected chi connectivity index (χ4v) is 2.70. The summed E-state index contributed by atoms with van der Waals surface area (Å²) in [5, 5.41) is 6.19. The predicted molar refractivity (Wildman–Crippen MR) is 100 cm³/mol. The molecular formula is C21H21FN2O2. The monoisotopic (exact) mass is 352 g/mol. The van der Waals surface area contributed by atoms with E-state index in [1.807, 2.05) is 36.4 Å². The first-order valence-electron chi connectivity index (χ1n) is 8.47. The molecule has 3 rings (SSSR count). The number of furan rings is 1. The number of benzene rings is 2. The van der Waals surface area contributed by atoms with Gasteiger partial charge in [-0.25, -0.2) is 4.39 Å². The van der Waals surface area contributed by atoms with Crippen molar-refractivity contribution in [1.82, 2.24) is 5.32 Å². The van der Waals surface area contributed by atoms with Crippen LogP contribution < -0.4 is 10.6 Å². The fourth-order valence-electron chi connectivity index (χ4n) is 2.70. The average Bonchev–Trinajstić information content (AvgIpc) is 3.09. The molecule has 26 heavy (non-hydrogen) atoms. The van der Waals surface area contributed by atoms with Crippen LogP contribution >= 0.6 is 0 Å². The van der Waals surface area contributed by atoms with Crippen molar-refractivity contribution in [2.75, 3.05) is 5.32 Å². The second kappa shape index (κ2) is 7.97. The summed E-state index contributed by atoms with van der Waals surface area (Å²) in [6, 6.07) is 17.8. The molecule has 0 aliphatic heterocycles. The molecular weight excluding hydrogens is 331 g/mol. The summed E-state index contributed by atoms with van der Waals surface area (Å²) in [5.74, 6) is 1.15. The minimum atomic E-state index is -0.266. The molecule has 0 saturated heterocycles. The molecule has 0 fully saturated rings. The molecule has 134 valence electrons. The van der Waals surface area contributed by atoms with Gasteiger partial charge in [0.15, 0.2) is 0 Å². The first kappa shape index (κ1) is 17.9. The van der Waals surface area contributed by atoms with Gasteiger partial charge in [0.2, 0.25) is 5.91 Å². The molecule has 3 aromatic rings. The number of nitrogens with one attached hydrogen (secondary N) is 2. The number of halogens is 1. The van der Waals surface area contributed by atoms with Gasteiger partial charge in [-0.15, -0.1) is 0 Å². The molecule has 0 unspecified atom stereocenters. The summed E-state index contributed by atoms with van der Waals surface area (Å²) in [4.78, 5) is 11.2. The normalized spacial score (nSPS) is 12.0. The van der Waals surface area contributed by atoms with Crippen molar-refractivity contribution in [2.45, 2.75) is 26.4 Å². The van der Waals surface area contributed by atoms with Crippen LogP contribution in [0, 0.1) is 5.82 Å². The zero-order chi connectivity index (χ0) is 18.5. The lowest BCUT2D eigenvalue weighted by atomic mass is 10.1. The molecule has 2 N–H and O–H groups in total. The molecule has 1 heterocycles. The van der Waals surface area contributed by atoms with Gasteiger partial charge >= 0.3 is 0 Å². The lowest BCUT2D eigenvalue weighted by Gasteiger charge is -2.14. The molecule has 1 aromatic heterocycles. The number of hydrogen-bond donors (Lipinski definition) is 2. The van der Waals surface area contributed by atoms with E-state index in [0.717, 1.165) is 22.6 Å². The Morgan fingerprint density at radius 1 is 1.12 bits per heavy atom. The molecule has 0 spiro atoms. The Bertz CT molecular complexity index is 887. The van der Waals surface area contributed by atoms with Crippen LogP contribution in [0.3, 0.4) is 0 Å².